The highest BCUT2D eigenvalue weighted by Gasteiger charge is 2.05. The second-order valence-electron chi connectivity index (χ2n) is 3.48. The third-order valence-corrected chi connectivity index (χ3v) is 2.36. The van der Waals surface area contributed by atoms with Gasteiger partial charge in [0.1, 0.15) is 5.75 Å². The summed E-state index contributed by atoms with van der Waals surface area (Å²) in [5.41, 5.74) is 7.14. The first-order chi connectivity index (χ1) is 7.27. The van der Waals surface area contributed by atoms with Gasteiger partial charge in [0.2, 0.25) is 0 Å². The van der Waals surface area contributed by atoms with Gasteiger partial charge < -0.3 is 10.5 Å². The van der Waals surface area contributed by atoms with E-state index in [0.29, 0.717) is 0 Å². The zero-order chi connectivity index (χ0) is 11.1. The molecular formula is C13H17NO. The first kappa shape index (κ1) is 11.6. The van der Waals surface area contributed by atoms with E-state index in [-0.39, 0.29) is 6.04 Å². The Labute approximate surface area is 91.4 Å². The van der Waals surface area contributed by atoms with Crippen LogP contribution in [0.1, 0.15) is 30.9 Å². The van der Waals surface area contributed by atoms with E-state index in [1.54, 1.807) is 7.11 Å². The molecule has 0 spiro atoms. The molecule has 1 unspecified atom stereocenters. The first-order valence-electron chi connectivity index (χ1n) is 5.11. The van der Waals surface area contributed by atoms with Crippen molar-refractivity contribution in [2.24, 2.45) is 5.73 Å². The third kappa shape index (κ3) is 3.65. The molecule has 0 radical (unpaired) electrons. The predicted octanol–water partition coefficient (Wildman–Crippen LogP) is 2.50. The number of methoxy groups -OCH3 is 1. The molecule has 1 aromatic carbocycles. The molecule has 0 saturated carbocycles. The molecular weight excluding hydrogens is 186 g/mol. The zero-order valence-corrected chi connectivity index (χ0v) is 9.07. The summed E-state index contributed by atoms with van der Waals surface area (Å²) < 4.78 is 5.14. The third-order valence-electron chi connectivity index (χ3n) is 2.36. The molecule has 2 nitrogen and oxygen atoms in total. The van der Waals surface area contributed by atoms with E-state index in [1.807, 2.05) is 24.3 Å². The summed E-state index contributed by atoms with van der Waals surface area (Å²) in [4.78, 5) is 0. The van der Waals surface area contributed by atoms with Crippen molar-refractivity contribution in [2.75, 3.05) is 7.11 Å². The second-order valence-corrected chi connectivity index (χ2v) is 3.48. The molecule has 15 heavy (non-hydrogen) atoms. The van der Waals surface area contributed by atoms with Gasteiger partial charge in [-0.1, -0.05) is 12.1 Å². The number of ether oxygens (including phenoxy) is 1. The molecule has 0 amide bonds. The molecule has 0 aliphatic carbocycles. The van der Waals surface area contributed by atoms with E-state index in [1.165, 1.54) is 0 Å². The van der Waals surface area contributed by atoms with Crippen molar-refractivity contribution in [3.05, 3.63) is 29.8 Å². The van der Waals surface area contributed by atoms with Gasteiger partial charge >= 0.3 is 0 Å². The van der Waals surface area contributed by atoms with Crippen LogP contribution in [0.15, 0.2) is 24.3 Å². The fourth-order valence-electron chi connectivity index (χ4n) is 1.46. The van der Waals surface area contributed by atoms with Crippen LogP contribution in [0.25, 0.3) is 0 Å². The van der Waals surface area contributed by atoms with Gasteiger partial charge in [0.15, 0.2) is 0 Å². The molecule has 0 aromatic heterocycles. The van der Waals surface area contributed by atoms with Crippen molar-refractivity contribution in [2.45, 2.75) is 25.3 Å². The Kier molecular flexibility index (Phi) is 4.73. The van der Waals surface area contributed by atoms with Gasteiger partial charge in [-0.15, -0.1) is 12.3 Å². The summed E-state index contributed by atoms with van der Waals surface area (Å²) in [6.07, 6.45) is 7.86. The lowest BCUT2D eigenvalue weighted by Gasteiger charge is -2.12. The van der Waals surface area contributed by atoms with Crippen LogP contribution in [-0.4, -0.2) is 7.11 Å². The number of nitrogens with two attached hydrogens (primary N) is 1. The summed E-state index contributed by atoms with van der Waals surface area (Å²) in [5.74, 6) is 3.46. The number of benzene rings is 1. The summed E-state index contributed by atoms with van der Waals surface area (Å²) in [6.45, 7) is 0. The summed E-state index contributed by atoms with van der Waals surface area (Å²) in [7, 11) is 1.66. The summed E-state index contributed by atoms with van der Waals surface area (Å²) in [6, 6.07) is 7.91. The molecule has 0 heterocycles. The van der Waals surface area contributed by atoms with Gasteiger partial charge in [-0.25, -0.2) is 0 Å². The van der Waals surface area contributed by atoms with Crippen LogP contribution in [0.4, 0.5) is 0 Å². The fourth-order valence-corrected chi connectivity index (χ4v) is 1.46. The average molecular weight is 203 g/mol. The smallest absolute Gasteiger partial charge is 0.119 e. The SMILES string of the molecule is C#CCCCC(N)c1cccc(OC)c1. The fraction of sp³-hybridized carbons (Fsp3) is 0.385. The Balaban J connectivity index is 2.57. The number of terminal acetylenes is 1. The van der Waals surface area contributed by atoms with Crippen molar-refractivity contribution < 1.29 is 4.74 Å². The monoisotopic (exact) mass is 203 g/mol. The number of rotatable bonds is 5. The molecule has 0 aliphatic rings. The van der Waals surface area contributed by atoms with Crippen LogP contribution in [0, 0.1) is 12.3 Å². The highest BCUT2D eigenvalue weighted by Crippen LogP contribution is 2.20. The van der Waals surface area contributed by atoms with E-state index in [0.717, 1.165) is 30.6 Å². The van der Waals surface area contributed by atoms with E-state index < -0.39 is 0 Å². The highest BCUT2D eigenvalue weighted by molar-refractivity contribution is 5.30. The molecule has 1 rings (SSSR count). The van der Waals surface area contributed by atoms with Gasteiger partial charge in [0.05, 0.1) is 7.11 Å². The Bertz CT molecular complexity index is 341. The maximum absolute atomic E-state index is 6.04. The van der Waals surface area contributed by atoms with Crippen LogP contribution < -0.4 is 10.5 Å². The topological polar surface area (TPSA) is 35.2 Å². The van der Waals surface area contributed by atoms with Gasteiger partial charge in [-0.05, 0) is 30.5 Å². The maximum atomic E-state index is 6.04. The highest BCUT2D eigenvalue weighted by atomic mass is 16.5. The quantitative estimate of drug-likeness (QED) is 0.589. The van der Waals surface area contributed by atoms with Gasteiger partial charge in [-0.2, -0.15) is 0 Å². The molecule has 1 aromatic rings. The summed E-state index contributed by atoms with van der Waals surface area (Å²) in [5, 5.41) is 0. The van der Waals surface area contributed by atoms with Gasteiger partial charge in [0.25, 0.3) is 0 Å². The first-order valence-corrected chi connectivity index (χ1v) is 5.11. The molecule has 0 aliphatic heterocycles. The lowest BCUT2D eigenvalue weighted by atomic mass is 10.0. The molecule has 0 bridgehead atoms. The zero-order valence-electron chi connectivity index (χ0n) is 9.07. The average Bonchev–Trinajstić information content (AvgIpc) is 2.29. The van der Waals surface area contributed by atoms with E-state index in [2.05, 4.69) is 5.92 Å². The van der Waals surface area contributed by atoms with Crippen LogP contribution in [-0.2, 0) is 0 Å². The number of unbranched alkanes of at least 4 members (excludes halogenated alkanes) is 1. The minimum absolute atomic E-state index is 0.0495. The Morgan fingerprint density at radius 1 is 1.53 bits per heavy atom. The van der Waals surface area contributed by atoms with Crippen LogP contribution >= 0.6 is 0 Å². The Morgan fingerprint density at radius 3 is 3.00 bits per heavy atom. The summed E-state index contributed by atoms with van der Waals surface area (Å²) >= 11 is 0. The molecule has 1 atom stereocenters. The Hall–Kier alpha value is -1.46. The molecule has 2 heteroatoms. The van der Waals surface area contributed by atoms with Crippen molar-refractivity contribution >= 4 is 0 Å². The maximum Gasteiger partial charge on any atom is 0.119 e. The van der Waals surface area contributed by atoms with E-state index >= 15 is 0 Å². The minimum atomic E-state index is 0.0495. The van der Waals surface area contributed by atoms with Crippen molar-refractivity contribution in [1.82, 2.24) is 0 Å². The van der Waals surface area contributed by atoms with E-state index in [9.17, 15) is 0 Å². The van der Waals surface area contributed by atoms with E-state index in [4.69, 9.17) is 16.9 Å². The normalized spacial score (nSPS) is 11.8. The second kappa shape index (κ2) is 6.10. The standard InChI is InChI=1S/C13H17NO/c1-3-4-5-9-13(14)11-7-6-8-12(10-11)15-2/h1,6-8,10,13H,4-5,9,14H2,2H3. The molecule has 2 N–H and O–H groups in total. The largest absolute Gasteiger partial charge is 0.497 e. The molecule has 0 saturated heterocycles. The van der Waals surface area contributed by atoms with Crippen LogP contribution in [0.2, 0.25) is 0 Å². The Morgan fingerprint density at radius 2 is 2.33 bits per heavy atom. The van der Waals surface area contributed by atoms with Gasteiger partial charge in [-0.3, -0.25) is 0 Å². The van der Waals surface area contributed by atoms with Crippen molar-refractivity contribution in [3.63, 3.8) is 0 Å². The number of hydrogen-bond donors (Lipinski definition) is 1. The lowest BCUT2D eigenvalue weighted by molar-refractivity contribution is 0.413. The molecule has 0 fully saturated rings. The van der Waals surface area contributed by atoms with Gasteiger partial charge in [0, 0.05) is 12.5 Å². The minimum Gasteiger partial charge on any atom is -0.497 e. The lowest BCUT2D eigenvalue weighted by Crippen LogP contribution is -2.09. The van der Waals surface area contributed by atoms with Crippen LogP contribution in [0.3, 0.4) is 0 Å². The van der Waals surface area contributed by atoms with Crippen molar-refractivity contribution in [1.29, 1.82) is 0 Å². The predicted molar refractivity (Wildman–Crippen MR) is 62.6 cm³/mol. The number of hydrogen-bond acceptors (Lipinski definition) is 2. The van der Waals surface area contributed by atoms with Crippen molar-refractivity contribution in [3.8, 4) is 18.1 Å². The van der Waals surface area contributed by atoms with Crippen LogP contribution in [0.5, 0.6) is 5.75 Å². The molecule has 80 valence electrons.